The molecule has 0 spiro atoms. The van der Waals surface area contributed by atoms with Gasteiger partial charge in [-0.2, -0.15) is 11.8 Å². The summed E-state index contributed by atoms with van der Waals surface area (Å²) >= 11 is 1.96. The number of amides is 1. The molecule has 4 atom stereocenters. The minimum atomic E-state index is -0.0899. The Bertz CT molecular complexity index is 239. The number of thioether (sulfide) groups is 1. The number of nitrogens with one attached hydrogen (secondary N) is 1. The minimum Gasteiger partial charge on any atom is -0.352 e. The molecule has 1 aliphatic carbocycles. The highest BCUT2D eigenvalue weighted by Gasteiger charge is 2.30. The van der Waals surface area contributed by atoms with Crippen LogP contribution in [0.5, 0.6) is 0 Å². The van der Waals surface area contributed by atoms with E-state index < -0.39 is 0 Å². The Morgan fingerprint density at radius 1 is 1.47 bits per heavy atom. The molecular weight excluding hydrogens is 256 g/mol. The van der Waals surface area contributed by atoms with Gasteiger partial charge in [-0.3, -0.25) is 4.79 Å². The van der Waals surface area contributed by atoms with E-state index in [9.17, 15) is 4.79 Å². The van der Waals surface area contributed by atoms with Gasteiger partial charge in [0.2, 0.25) is 5.91 Å². The lowest BCUT2D eigenvalue weighted by atomic mass is 10.0. The molecule has 0 aromatic heterocycles. The zero-order valence-electron chi connectivity index (χ0n) is 10.9. The summed E-state index contributed by atoms with van der Waals surface area (Å²) in [5.74, 6) is 1.15. The molecule has 1 rings (SSSR count). The molecule has 102 valence electrons. The first-order chi connectivity index (χ1) is 7.56. The number of hydrogen-bond donors (Lipinski definition) is 2. The van der Waals surface area contributed by atoms with Gasteiger partial charge >= 0.3 is 0 Å². The molecule has 0 saturated heterocycles. The number of carbonyl (C=O) groups is 1. The topological polar surface area (TPSA) is 55.1 Å². The highest BCUT2D eigenvalue weighted by molar-refractivity contribution is 7.99. The van der Waals surface area contributed by atoms with Crippen molar-refractivity contribution in [1.82, 2.24) is 5.32 Å². The van der Waals surface area contributed by atoms with Gasteiger partial charge in [-0.1, -0.05) is 20.3 Å². The smallest absolute Gasteiger partial charge is 0.224 e. The van der Waals surface area contributed by atoms with Crippen LogP contribution in [0, 0.1) is 5.92 Å². The molecule has 0 heterocycles. The van der Waals surface area contributed by atoms with E-state index in [1.165, 1.54) is 12.8 Å². The fourth-order valence-electron chi connectivity index (χ4n) is 2.06. The van der Waals surface area contributed by atoms with Gasteiger partial charge in [-0.15, -0.1) is 12.4 Å². The summed E-state index contributed by atoms with van der Waals surface area (Å²) in [6, 6.07) is 0.289. The van der Waals surface area contributed by atoms with Gasteiger partial charge in [-0.05, 0) is 25.5 Å². The van der Waals surface area contributed by atoms with Crippen LogP contribution in [0.3, 0.4) is 0 Å². The van der Waals surface area contributed by atoms with Crippen LogP contribution in [0.25, 0.3) is 0 Å². The molecule has 0 aromatic carbocycles. The average molecular weight is 281 g/mol. The zero-order chi connectivity index (χ0) is 12.1. The van der Waals surface area contributed by atoms with Crippen molar-refractivity contribution >= 4 is 30.1 Å². The van der Waals surface area contributed by atoms with Crippen molar-refractivity contribution in [2.24, 2.45) is 11.7 Å². The van der Waals surface area contributed by atoms with Crippen LogP contribution in [0.15, 0.2) is 0 Å². The van der Waals surface area contributed by atoms with Gasteiger partial charge in [0.15, 0.2) is 0 Å². The third-order valence-corrected chi connectivity index (χ3v) is 4.69. The Kier molecular flexibility index (Phi) is 8.25. The fourth-order valence-corrected chi connectivity index (χ4v) is 3.26. The van der Waals surface area contributed by atoms with Crippen LogP contribution in [0.2, 0.25) is 0 Å². The Morgan fingerprint density at radius 2 is 2.12 bits per heavy atom. The van der Waals surface area contributed by atoms with Crippen LogP contribution in [-0.4, -0.2) is 29.0 Å². The largest absolute Gasteiger partial charge is 0.352 e. The van der Waals surface area contributed by atoms with E-state index in [0.717, 1.165) is 12.2 Å². The monoisotopic (exact) mass is 280 g/mol. The summed E-state index contributed by atoms with van der Waals surface area (Å²) in [4.78, 5) is 11.9. The predicted octanol–water partition coefficient (Wildman–Crippen LogP) is 2.18. The average Bonchev–Trinajstić information content (AvgIpc) is 2.65. The van der Waals surface area contributed by atoms with Crippen LogP contribution in [0.1, 0.15) is 40.0 Å². The van der Waals surface area contributed by atoms with Gasteiger partial charge < -0.3 is 11.1 Å². The molecule has 4 unspecified atom stereocenters. The molecule has 3 N–H and O–H groups in total. The summed E-state index contributed by atoms with van der Waals surface area (Å²) in [7, 11) is 0. The third-order valence-electron chi connectivity index (χ3n) is 3.36. The number of halogens is 1. The van der Waals surface area contributed by atoms with Crippen molar-refractivity contribution in [3.63, 3.8) is 0 Å². The number of rotatable bonds is 5. The molecule has 0 bridgehead atoms. The molecule has 1 saturated carbocycles. The van der Waals surface area contributed by atoms with Crippen molar-refractivity contribution < 1.29 is 4.79 Å². The van der Waals surface area contributed by atoms with Gasteiger partial charge in [0, 0.05) is 23.3 Å². The van der Waals surface area contributed by atoms with Crippen molar-refractivity contribution in [2.45, 2.75) is 57.4 Å². The van der Waals surface area contributed by atoms with Crippen molar-refractivity contribution in [2.75, 3.05) is 5.75 Å². The normalized spacial score (nSPS) is 27.1. The molecule has 0 radical (unpaired) electrons. The maximum Gasteiger partial charge on any atom is 0.224 e. The van der Waals surface area contributed by atoms with E-state index in [1.807, 2.05) is 25.6 Å². The van der Waals surface area contributed by atoms with E-state index in [1.54, 1.807) is 0 Å². The Morgan fingerprint density at radius 3 is 2.65 bits per heavy atom. The second-order valence-electron chi connectivity index (χ2n) is 4.69. The van der Waals surface area contributed by atoms with E-state index >= 15 is 0 Å². The van der Waals surface area contributed by atoms with Crippen molar-refractivity contribution in [3.05, 3.63) is 0 Å². The summed E-state index contributed by atoms with van der Waals surface area (Å²) in [6.45, 7) is 5.96. The maximum atomic E-state index is 11.9. The van der Waals surface area contributed by atoms with Crippen LogP contribution < -0.4 is 11.1 Å². The molecule has 1 amide bonds. The number of carbonyl (C=O) groups excluding carboxylic acids is 1. The highest BCUT2D eigenvalue weighted by Crippen LogP contribution is 2.30. The van der Waals surface area contributed by atoms with Gasteiger partial charge in [0.1, 0.15) is 0 Å². The molecule has 1 aliphatic rings. The second kappa shape index (κ2) is 8.22. The summed E-state index contributed by atoms with van der Waals surface area (Å²) < 4.78 is 0. The van der Waals surface area contributed by atoms with Gasteiger partial charge in [-0.25, -0.2) is 0 Å². The number of hydrogen-bond acceptors (Lipinski definition) is 3. The summed E-state index contributed by atoms with van der Waals surface area (Å²) in [5.41, 5.74) is 5.74. The zero-order valence-corrected chi connectivity index (χ0v) is 12.6. The molecule has 0 aromatic rings. The van der Waals surface area contributed by atoms with E-state index in [2.05, 4.69) is 12.2 Å². The lowest BCUT2D eigenvalue weighted by Crippen LogP contribution is -2.45. The third kappa shape index (κ3) is 5.06. The Balaban J connectivity index is 0.00000256. The van der Waals surface area contributed by atoms with E-state index in [4.69, 9.17) is 5.73 Å². The summed E-state index contributed by atoms with van der Waals surface area (Å²) in [5, 5.41) is 3.76. The second-order valence-corrected chi connectivity index (χ2v) is 6.20. The summed E-state index contributed by atoms with van der Waals surface area (Å²) in [6.07, 6.45) is 3.58. The first-order valence-electron chi connectivity index (χ1n) is 6.23. The van der Waals surface area contributed by atoms with Crippen molar-refractivity contribution in [1.29, 1.82) is 0 Å². The molecular formula is C12H25ClN2OS. The quantitative estimate of drug-likeness (QED) is 0.812. The first-order valence-corrected chi connectivity index (χ1v) is 7.28. The minimum absolute atomic E-state index is 0. The Hall–Kier alpha value is 0.0700. The maximum absolute atomic E-state index is 11.9. The molecule has 0 aliphatic heterocycles. The Labute approximate surface area is 115 Å². The first kappa shape index (κ1) is 17.1. The highest BCUT2D eigenvalue weighted by atomic mass is 35.5. The van der Waals surface area contributed by atoms with Crippen LogP contribution in [0.4, 0.5) is 0 Å². The standard InChI is InChI=1S/C12H24N2OS.ClH/c1-4-16-11-7-5-6-10(11)14-12(15)8(2)9(3)13;/h8-11H,4-7,13H2,1-3H3,(H,14,15);1H. The predicted molar refractivity (Wildman–Crippen MR) is 77.8 cm³/mol. The molecule has 3 nitrogen and oxygen atoms in total. The SMILES string of the molecule is CCSC1CCCC1NC(=O)C(C)C(C)N.Cl. The van der Waals surface area contributed by atoms with E-state index in [0.29, 0.717) is 11.3 Å². The lowest BCUT2D eigenvalue weighted by Gasteiger charge is -2.23. The number of nitrogens with two attached hydrogens (primary N) is 1. The molecule has 5 heteroatoms. The van der Waals surface area contributed by atoms with Gasteiger partial charge in [0.25, 0.3) is 0 Å². The molecule has 1 fully saturated rings. The fraction of sp³-hybridized carbons (Fsp3) is 0.917. The lowest BCUT2D eigenvalue weighted by molar-refractivity contribution is -0.125. The molecule has 17 heavy (non-hydrogen) atoms. The van der Waals surface area contributed by atoms with Crippen LogP contribution >= 0.6 is 24.2 Å². The van der Waals surface area contributed by atoms with Crippen LogP contribution in [-0.2, 0) is 4.79 Å². The van der Waals surface area contributed by atoms with Gasteiger partial charge in [0.05, 0.1) is 0 Å². The van der Waals surface area contributed by atoms with Crippen molar-refractivity contribution in [3.8, 4) is 0 Å². The van der Waals surface area contributed by atoms with E-state index in [-0.39, 0.29) is 30.3 Å².